The van der Waals surface area contributed by atoms with Crippen molar-refractivity contribution >= 4 is 23.2 Å². The molecule has 1 unspecified atom stereocenters. The van der Waals surface area contributed by atoms with Gasteiger partial charge in [0, 0.05) is 22.1 Å². The van der Waals surface area contributed by atoms with Crippen LogP contribution in [0.3, 0.4) is 0 Å². The van der Waals surface area contributed by atoms with Crippen LogP contribution in [-0.2, 0) is 0 Å². The Balaban J connectivity index is 2.88. The second kappa shape index (κ2) is 7.34. The van der Waals surface area contributed by atoms with Crippen LogP contribution in [0.4, 0.5) is 0 Å². The molecule has 18 heavy (non-hydrogen) atoms. The summed E-state index contributed by atoms with van der Waals surface area (Å²) >= 11 is 12.1. The van der Waals surface area contributed by atoms with E-state index in [0.29, 0.717) is 16.0 Å². The van der Waals surface area contributed by atoms with Crippen molar-refractivity contribution < 1.29 is 5.11 Å². The molecule has 0 saturated heterocycles. The first-order chi connectivity index (χ1) is 8.49. The molecular formula is C14H21Cl2NO. The molecule has 0 fully saturated rings. The van der Waals surface area contributed by atoms with E-state index in [1.165, 1.54) is 0 Å². The van der Waals surface area contributed by atoms with E-state index in [2.05, 4.69) is 26.1 Å². The largest absolute Gasteiger partial charge is 0.395 e. The Kier molecular flexibility index (Phi) is 6.44. The third kappa shape index (κ3) is 4.13. The summed E-state index contributed by atoms with van der Waals surface area (Å²) in [6, 6.07) is 5.75. The van der Waals surface area contributed by atoms with Gasteiger partial charge in [-0.1, -0.05) is 50.0 Å². The zero-order valence-corrected chi connectivity index (χ0v) is 12.6. The first kappa shape index (κ1) is 15.8. The van der Waals surface area contributed by atoms with Crippen molar-refractivity contribution in [2.75, 3.05) is 6.61 Å². The summed E-state index contributed by atoms with van der Waals surface area (Å²) in [7, 11) is 0. The minimum absolute atomic E-state index is 0.0710. The van der Waals surface area contributed by atoms with Gasteiger partial charge in [0.15, 0.2) is 0 Å². The van der Waals surface area contributed by atoms with Crippen molar-refractivity contribution in [3.63, 3.8) is 0 Å². The molecule has 0 heterocycles. The molecule has 0 saturated carbocycles. The van der Waals surface area contributed by atoms with Gasteiger partial charge < -0.3 is 10.4 Å². The zero-order chi connectivity index (χ0) is 13.7. The van der Waals surface area contributed by atoms with E-state index in [9.17, 15) is 5.11 Å². The van der Waals surface area contributed by atoms with Crippen LogP contribution in [0.25, 0.3) is 0 Å². The number of halogens is 2. The molecule has 1 rings (SSSR count). The maximum atomic E-state index is 9.38. The van der Waals surface area contributed by atoms with Gasteiger partial charge >= 0.3 is 0 Å². The molecule has 1 aromatic rings. The fraction of sp³-hybridized carbons (Fsp3) is 0.571. The highest BCUT2D eigenvalue weighted by Crippen LogP contribution is 2.28. The van der Waals surface area contributed by atoms with Crippen LogP contribution in [0.1, 0.15) is 38.8 Å². The molecule has 0 aromatic heterocycles. The number of hydrogen-bond acceptors (Lipinski definition) is 2. The van der Waals surface area contributed by atoms with Crippen molar-refractivity contribution in [3.8, 4) is 0 Å². The molecule has 2 nitrogen and oxygen atoms in total. The highest BCUT2D eigenvalue weighted by atomic mass is 35.5. The summed E-state index contributed by atoms with van der Waals surface area (Å²) in [5, 5.41) is 14.1. The predicted octanol–water partition coefficient (Wildman–Crippen LogP) is 4.05. The van der Waals surface area contributed by atoms with Crippen molar-refractivity contribution in [1.29, 1.82) is 0 Å². The van der Waals surface area contributed by atoms with E-state index in [0.717, 1.165) is 12.0 Å². The number of benzene rings is 1. The third-order valence-electron chi connectivity index (χ3n) is 3.16. The third-order valence-corrected chi connectivity index (χ3v) is 3.73. The van der Waals surface area contributed by atoms with Gasteiger partial charge in [-0.05, 0) is 30.0 Å². The Labute approximate surface area is 119 Å². The summed E-state index contributed by atoms with van der Waals surface area (Å²) in [5.41, 5.74) is 1.03. The Morgan fingerprint density at radius 2 is 1.94 bits per heavy atom. The molecule has 0 aliphatic heterocycles. The Bertz CT molecular complexity index is 382. The summed E-state index contributed by atoms with van der Waals surface area (Å²) in [5.74, 6) is 0.370. The van der Waals surface area contributed by atoms with Crippen LogP contribution in [0, 0.1) is 5.92 Å². The van der Waals surface area contributed by atoms with E-state index >= 15 is 0 Å². The maximum Gasteiger partial charge on any atom is 0.0587 e. The second-order valence-electron chi connectivity index (χ2n) is 4.83. The molecule has 2 atom stereocenters. The van der Waals surface area contributed by atoms with Crippen molar-refractivity contribution in [3.05, 3.63) is 33.8 Å². The molecule has 0 amide bonds. The lowest BCUT2D eigenvalue weighted by Crippen LogP contribution is -2.39. The topological polar surface area (TPSA) is 32.3 Å². The van der Waals surface area contributed by atoms with Gasteiger partial charge in [-0.15, -0.1) is 0 Å². The van der Waals surface area contributed by atoms with E-state index in [1.807, 2.05) is 12.1 Å². The zero-order valence-electron chi connectivity index (χ0n) is 11.1. The van der Waals surface area contributed by atoms with Gasteiger partial charge in [0.2, 0.25) is 0 Å². The lowest BCUT2D eigenvalue weighted by atomic mass is 9.99. The lowest BCUT2D eigenvalue weighted by Gasteiger charge is -2.27. The van der Waals surface area contributed by atoms with E-state index in [4.69, 9.17) is 23.2 Å². The van der Waals surface area contributed by atoms with Crippen LogP contribution in [0.15, 0.2) is 18.2 Å². The van der Waals surface area contributed by atoms with Crippen molar-refractivity contribution in [1.82, 2.24) is 5.32 Å². The number of hydrogen-bond donors (Lipinski definition) is 2. The van der Waals surface area contributed by atoms with Crippen LogP contribution < -0.4 is 5.32 Å². The van der Waals surface area contributed by atoms with E-state index in [1.54, 1.807) is 6.07 Å². The number of aliphatic hydroxyl groups excluding tert-OH is 1. The number of rotatable bonds is 6. The normalized spacial score (nSPS) is 14.8. The minimum Gasteiger partial charge on any atom is -0.395 e. The highest BCUT2D eigenvalue weighted by Gasteiger charge is 2.19. The SMILES string of the molecule is CCC(N[C@H](CO)C(C)C)c1ccc(Cl)cc1Cl. The van der Waals surface area contributed by atoms with Gasteiger partial charge in [0.25, 0.3) is 0 Å². The standard InChI is InChI=1S/C14H21Cl2NO/c1-4-13(17-14(8-18)9(2)3)11-6-5-10(15)7-12(11)16/h5-7,9,13-14,17-18H,4,8H2,1-3H3/t13?,14-/m1/s1. The average Bonchev–Trinajstić information content (AvgIpc) is 2.31. The van der Waals surface area contributed by atoms with Gasteiger partial charge in [-0.3, -0.25) is 0 Å². The second-order valence-corrected chi connectivity index (χ2v) is 5.67. The smallest absolute Gasteiger partial charge is 0.0587 e. The lowest BCUT2D eigenvalue weighted by molar-refractivity contribution is 0.198. The van der Waals surface area contributed by atoms with E-state index < -0.39 is 0 Å². The summed E-state index contributed by atoms with van der Waals surface area (Å²) in [6.07, 6.45) is 0.907. The van der Waals surface area contributed by atoms with Crippen LogP contribution in [-0.4, -0.2) is 17.8 Å². The molecule has 0 bridgehead atoms. The first-order valence-corrected chi connectivity index (χ1v) is 7.07. The monoisotopic (exact) mass is 289 g/mol. The molecule has 0 radical (unpaired) electrons. The summed E-state index contributed by atoms with van der Waals surface area (Å²) in [4.78, 5) is 0. The summed E-state index contributed by atoms with van der Waals surface area (Å²) < 4.78 is 0. The van der Waals surface area contributed by atoms with Crippen LogP contribution in [0.2, 0.25) is 10.0 Å². The Morgan fingerprint density at radius 1 is 1.28 bits per heavy atom. The Hall–Kier alpha value is -0.280. The number of aliphatic hydroxyl groups is 1. The van der Waals surface area contributed by atoms with Gasteiger partial charge in [-0.2, -0.15) is 0 Å². The highest BCUT2D eigenvalue weighted by molar-refractivity contribution is 6.35. The number of nitrogens with one attached hydrogen (secondary N) is 1. The molecule has 0 aliphatic carbocycles. The van der Waals surface area contributed by atoms with E-state index in [-0.39, 0.29) is 18.7 Å². The quantitative estimate of drug-likeness (QED) is 0.828. The van der Waals surface area contributed by atoms with Crippen LogP contribution in [0.5, 0.6) is 0 Å². The van der Waals surface area contributed by atoms with Gasteiger partial charge in [-0.25, -0.2) is 0 Å². The first-order valence-electron chi connectivity index (χ1n) is 6.31. The molecule has 2 N–H and O–H groups in total. The summed E-state index contributed by atoms with van der Waals surface area (Å²) in [6.45, 7) is 6.39. The van der Waals surface area contributed by atoms with Gasteiger partial charge in [0.1, 0.15) is 0 Å². The molecule has 0 aliphatic rings. The fourth-order valence-corrected chi connectivity index (χ4v) is 2.47. The predicted molar refractivity (Wildman–Crippen MR) is 78.3 cm³/mol. The van der Waals surface area contributed by atoms with Crippen molar-refractivity contribution in [2.45, 2.75) is 39.3 Å². The van der Waals surface area contributed by atoms with Gasteiger partial charge in [0.05, 0.1) is 6.61 Å². The Morgan fingerprint density at radius 3 is 2.39 bits per heavy atom. The average molecular weight is 290 g/mol. The molecule has 0 spiro atoms. The molecular weight excluding hydrogens is 269 g/mol. The molecule has 102 valence electrons. The fourth-order valence-electron chi connectivity index (χ4n) is 1.93. The van der Waals surface area contributed by atoms with Crippen LogP contribution >= 0.6 is 23.2 Å². The maximum absolute atomic E-state index is 9.38. The minimum atomic E-state index is 0.0710. The molecule has 4 heteroatoms. The molecule has 1 aromatic carbocycles. The van der Waals surface area contributed by atoms with Crippen molar-refractivity contribution in [2.24, 2.45) is 5.92 Å².